The van der Waals surface area contributed by atoms with Crippen molar-refractivity contribution in [1.29, 1.82) is 5.26 Å². The minimum Gasteiger partial charge on any atom is -0.365 e. The van der Waals surface area contributed by atoms with Gasteiger partial charge in [-0.25, -0.2) is 15.0 Å². The van der Waals surface area contributed by atoms with Gasteiger partial charge in [0.25, 0.3) is 0 Å². The molecule has 0 radical (unpaired) electrons. The Morgan fingerprint density at radius 3 is 2.70 bits per heavy atom. The highest BCUT2D eigenvalue weighted by molar-refractivity contribution is 5.90. The summed E-state index contributed by atoms with van der Waals surface area (Å²) in [5.74, 6) is 0.698. The van der Waals surface area contributed by atoms with Gasteiger partial charge in [0.15, 0.2) is 5.65 Å². The Labute approximate surface area is 156 Å². The molecule has 4 rings (SSSR count). The van der Waals surface area contributed by atoms with Crippen LogP contribution < -0.4 is 5.32 Å². The van der Waals surface area contributed by atoms with E-state index >= 15 is 0 Å². The number of hydrogen-bond acceptors (Lipinski definition) is 6. The van der Waals surface area contributed by atoms with Gasteiger partial charge in [-0.2, -0.15) is 5.26 Å². The topological polar surface area (TPSA) is 87.4 Å². The fourth-order valence-electron chi connectivity index (χ4n) is 2.85. The van der Waals surface area contributed by atoms with Crippen LogP contribution in [0.4, 0.5) is 5.82 Å². The van der Waals surface area contributed by atoms with Crippen LogP contribution in [0, 0.1) is 18.3 Å². The molecule has 130 valence electrons. The molecule has 0 atom stereocenters. The van der Waals surface area contributed by atoms with Crippen LogP contribution in [0.5, 0.6) is 0 Å². The molecule has 0 spiro atoms. The molecule has 3 heterocycles. The number of nitrogens with zero attached hydrogens (tertiary/aromatic N) is 5. The fourth-order valence-corrected chi connectivity index (χ4v) is 2.85. The van der Waals surface area contributed by atoms with Crippen LogP contribution in [-0.4, -0.2) is 19.9 Å². The molecule has 1 aromatic carbocycles. The molecule has 0 saturated carbocycles. The van der Waals surface area contributed by atoms with Crippen molar-refractivity contribution in [3.63, 3.8) is 0 Å². The number of aromatic nitrogens is 4. The van der Waals surface area contributed by atoms with Crippen molar-refractivity contribution in [2.24, 2.45) is 0 Å². The zero-order chi connectivity index (χ0) is 18.6. The Morgan fingerprint density at radius 1 is 1.00 bits per heavy atom. The lowest BCUT2D eigenvalue weighted by Gasteiger charge is -2.10. The van der Waals surface area contributed by atoms with E-state index in [2.05, 4.69) is 31.3 Å². The Morgan fingerprint density at radius 2 is 1.89 bits per heavy atom. The molecule has 0 bridgehead atoms. The summed E-state index contributed by atoms with van der Waals surface area (Å²) in [5.41, 5.74) is 4.95. The number of fused-ring (bicyclic) bond motifs is 1. The summed E-state index contributed by atoms with van der Waals surface area (Å²) in [6.45, 7) is 2.56. The molecule has 6 heteroatoms. The minimum absolute atomic E-state index is 0.596. The van der Waals surface area contributed by atoms with Gasteiger partial charge in [-0.15, -0.1) is 0 Å². The molecule has 0 unspecified atom stereocenters. The van der Waals surface area contributed by atoms with E-state index in [1.165, 1.54) is 6.33 Å². The van der Waals surface area contributed by atoms with Crippen LogP contribution in [0.25, 0.3) is 22.2 Å². The average Bonchev–Trinajstić information content (AvgIpc) is 2.73. The number of rotatable bonds is 4. The minimum atomic E-state index is 0.596. The summed E-state index contributed by atoms with van der Waals surface area (Å²) in [5, 5.41) is 13.5. The molecule has 6 nitrogen and oxygen atoms in total. The van der Waals surface area contributed by atoms with Crippen LogP contribution in [0.1, 0.15) is 16.8 Å². The third-order valence-electron chi connectivity index (χ3n) is 4.28. The van der Waals surface area contributed by atoms with Crippen molar-refractivity contribution in [3.8, 4) is 17.2 Å². The van der Waals surface area contributed by atoms with Gasteiger partial charge in [-0.05, 0) is 30.7 Å². The van der Waals surface area contributed by atoms with E-state index in [-0.39, 0.29) is 0 Å². The van der Waals surface area contributed by atoms with Crippen LogP contribution in [0.3, 0.4) is 0 Å². The molecule has 0 saturated heterocycles. The molecule has 0 aliphatic heterocycles. The van der Waals surface area contributed by atoms with Crippen LogP contribution in [0.15, 0.2) is 61.2 Å². The van der Waals surface area contributed by atoms with Crippen molar-refractivity contribution < 1.29 is 0 Å². The maximum atomic E-state index is 9.36. The van der Waals surface area contributed by atoms with Gasteiger partial charge in [-0.3, -0.25) is 4.98 Å². The van der Waals surface area contributed by atoms with Gasteiger partial charge in [0.2, 0.25) is 0 Å². The Balaban J connectivity index is 1.71. The smallest absolute Gasteiger partial charge is 0.164 e. The third kappa shape index (κ3) is 3.44. The first-order valence-corrected chi connectivity index (χ1v) is 8.50. The molecule has 0 fully saturated rings. The van der Waals surface area contributed by atoms with Gasteiger partial charge in [0, 0.05) is 35.8 Å². The van der Waals surface area contributed by atoms with E-state index < -0.39 is 0 Å². The standard InChI is InChI=1S/C21H16N6/c1-14-6-7-15(10-23-14)11-24-20-19-8-17(12-25-21(19)27-13-26-20)18-5-3-2-4-16(18)9-22/h2-8,10,12-13H,11H2,1H3,(H,24,25,26,27). The summed E-state index contributed by atoms with van der Waals surface area (Å²) in [6, 6.07) is 15.7. The lowest BCUT2D eigenvalue weighted by atomic mass is 10.0. The van der Waals surface area contributed by atoms with Gasteiger partial charge in [0.05, 0.1) is 17.0 Å². The highest BCUT2D eigenvalue weighted by Crippen LogP contribution is 2.27. The maximum Gasteiger partial charge on any atom is 0.164 e. The number of benzene rings is 1. The number of nitrogens with one attached hydrogen (secondary N) is 1. The molecule has 1 N–H and O–H groups in total. The van der Waals surface area contributed by atoms with Gasteiger partial charge in [-0.1, -0.05) is 24.3 Å². The third-order valence-corrected chi connectivity index (χ3v) is 4.28. The highest BCUT2D eigenvalue weighted by atomic mass is 15.0. The predicted octanol–water partition coefficient (Wildman–Crippen LogP) is 3.88. The first kappa shape index (κ1) is 16.6. The van der Waals surface area contributed by atoms with E-state index in [0.717, 1.165) is 27.8 Å². The second-order valence-corrected chi connectivity index (χ2v) is 6.14. The van der Waals surface area contributed by atoms with E-state index in [1.807, 2.05) is 49.5 Å². The predicted molar refractivity (Wildman–Crippen MR) is 104 cm³/mol. The monoisotopic (exact) mass is 352 g/mol. The van der Waals surface area contributed by atoms with Crippen LogP contribution >= 0.6 is 0 Å². The van der Waals surface area contributed by atoms with E-state index in [4.69, 9.17) is 0 Å². The van der Waals surface area contributed by atoms with Crippen molar-refractivity contribution >= 4 is 16.9 Å². The fraction of sp³-hybridized carbons (Fsp3) is 0.0952. The lowest BCUT2D eigenvalue weighted by molar-refractivity contribution is 1.06. The zero-order valence-corrected chi connectivity index (χ0v) is 14.7. The molecule has 0 aliphatic carbocycles. The quantitative estimate of drug-likeness (QED) is 0.600. The van der Waals surface area contributed by atoms with Crippen LogP contribution in [-0.2, 0) is 6.54 Å². The molecule has 4 aromatic rings. The normalized spacial score (nSPS) is 10.5. The maximum absolute atomic E-state index is 9.36. The van der Waals surface area contributed by atoms with Crippen molar-refractivity contribution in [1.82, 2.24) is 19.9 Å². The molecule has 27 heavy (non-hydrogen) atoms. The Hall–Kier alpha value is -3.85. The van der Waals surface area contributed by atoms with Crippen LogP contribution in [0.2, 0.25) is 0 Å². The SMILES string of the molecule is Cc1ccc(CNc2ncnc3ncc(-c4ccccc4C#N)cc23)cn1. The zero-order valence-electron chi connectivity index (χ0n) is 14.7. The summed E-state index contributed by atoms with van der Waals surface area (Å²) < 4.78 is 0. The largest absolute Gasteiger partial charge is 0.365 e. The van der Waals surface area contributed by atoms with Gasteiger partial charge >= 0.3 is 0 Å². The Bertz CT molecular complexity index is 1150. The van der Waals surface area contributed by atoms with Crippen molar-refractivity contribution in [2.45, 2.75) is 13.5 Å². The second-order valence-electron chi connectivity index (χ2n) is 6.14. The van der Waals surface area contributed by atoms with Crippen molar-refractivity contribution in [2.75, 3.05) is 5.32 Å². The Kier molecular flexibility index (Phi) is 4.42. The second kappa shape index (κ2) is 7.18. The number of anilines is 1. The molecular formula is C21H16N6. The molecular weight excluding hydrogens is 336 g/mol. The van der Waals surface area contributed by atoms with Gasteiger partial charge < -0.3 is 5.32 Å². The average molecular weight is 352 g/mol. The van der Waals surface area contributed by atoms with E-state index in [9.17, 15) is 5.26 Å². The number of pyridine rings is 2. The van der Waals surface area contributed by atoms with E-state index in [1.54, 1.807) is 12.3 Å². The van der Waals surface area contributed by atoms with E-state index in [0.29, 0.717) is 23.6 Å². The number of hydrogen-bond donors (Lipinski definition) is 1. The first-order chi connectivity index (χ1) is 13.2. The number of nitriles is 1. The number of aryl methyl sites for hydroxylation is 1. The van der Waals surface area contributed by atoms with Crippen molar-refractivity contribution in [3.05, 3.63) is 78.0 Å². The molecule has 0 aliphatic rings. The first-order valence-electron chi connectivity index (χ1n) is 8.50. The summed E-state index contributed by atoms with van der Waals surface area (Å²) in [4.78, 5) is 17.4. The molecule has 3 aromatic heterocycles. The highest BCUT2D eigenvalue weighted by Gasteiger charge is 2.10. The van der Waals surface area contributed by atoms with Gasteiger partial charge in [0.1, 0.15) is 12.1 Å². The molecule has 0 amide bonds. The summed E-state index contributed by atoms with van der Waals surface area (Å²) in [7, 11) is 0. The lowest BCUT2D eigenvalue weighted by Crippen LogP contribution is -2.03. The summed E-state index contributed by atoms with van der Waals surface area (Å²) in [6.07, 6.45) is 5.08. The summed E-state index contributed by atoms with van der Waals surface area (Å²) >= 11 is 0.